The third-order valence-corrected chi connectivity index (χ3v) is 3.72. The van der Waals surface area contributed by atoms with Crippen molar-refractivity contribution in [2.75, 3.05) is 19.6 Å². The fourth-order valence-corrected chi connectivity index (χ4v) is 2.58. The molecular weight excluding hydrogens is 208 g/mol. The first kappa shape index (κ1) is 12.6. The van der Waals surface area contributed by atoms with Gasteiger partial charge in [0.05, 0.1) is 0 Å². The van der Waals surface area contributed by atoms with Crippen LogP contribution in [0.25, 0.3) is 0 Å². The Morgan fingerprint density at radius 2 is 1.94 bits per heavy atom. The third kappa shape index (κ3) is 3.83. The van der Waals surface area contributed by atoms with Crippen LogP contribution >= 0.6 is 0 Å². The Labute approximate surface area is 105 Å². The van der Waals surface area contributed by atoms with Crippen molar-refractivity contribution in [3.8, 4) is 0 Å². The molecule has 1 fully saturated rings. The molecule has 17 heavy (non-hydrogen) atoms. The quantitative estimate of drug-likeness (QED) is 0.815. The normalized spacial score (nSPS) is 19.1. The molecule has 1 aliphatic heterocycles. The number of piperidine rings is 1. The van der Waals surface area contributed by atoms with Gasteiger partial charge in [-0.15, -0.1) is 0 Å². The Hall–Kier alpha value is -0.860. The van der Waals surface area contributed by atoms with E-state index in [2.05, 4.69) is 47.9 Å². The van der Waals surface area contributed by atoms with E-state index in [1.54, 1.807) is 0 Å². The molecule has 1 unspecified atom stereocenters. The maximum Gasteiger partial charge on any atom is 0.0317 e. The number of rotatable bonds is 5. The lowest BCUT2D eigenvalue weighted by molar-refractivity contribution is 0.338. The molecule has 0 aromatic heterocycles. The summed E-state index contributed by atoms with van der Waals surface area (Å²) in [5.41, 5.74) is 1.42. The summed E-state index contributed by atoms with van der Waals surface area (Å²) in [6, 6.07) is 11.3. The lowest BCUT2D eigenvalue weighted by Gasteiger charge is -2.26. The van der Waals surface area contributed by atoms with Crippen molar-refractivity contribution in [2.45, 2.75) is 32.2 Å². The highest BCUT2D eigenvalue weighted by Crippen LogP contribution is 2.18. The van der Waals surface area contributed by atoms with E-state index in [1.807, 2.05) is 0 Å². The van der Waals surface area contributed by atoms with Crippen LogP contribution in [-0.2, 0) is 0 Å². The van der Waals surface area contributed by atoms with E-state index in [1.165, 1.54) is 31.5 Å². The number of hydrogen-bond acceptors (Lipinski definition) is 2. The molecule has 0 amide bonds. The molecule has 0 aliphatic carbocycles. The molecule has 0 bridgehead atoms. The topological polar surface area (TPSA) is 24.1 Å². The summed E-state index contributed by atoms with van der Waals surface area (Å²) in [6.45, 7) is 5.80. The van der Waals surface area contributed by atoms with Crippen molar-refractivity contribution >= 4 is 0 Å². The van der Waals surface area contributed by atoms with E-state index in [4.69, 9.17) is 0 Å². The van der Waals surface area contributed by atoms with Gasteiger partial charge in [-0.25, -0.2) is 0 Å². The van der Waals surface area contributed by atoms with Crippen molar-refractivity contribution in [1.29, 1.82) is 0 Å². The Balaban J connectivity index is 1.83. The Kier molecular flexibility index (Phi) is 5.02. The predicted octanol–water partition coefficient (Wildman–Crippen LogP) is 2.73. The summed E-state index contributed by atoms with van der Waals surface area (Å²) >= 11 is 0. The summed E-state index contributed by atoms with van der Waals surface area (Å²) < 4.78 is 0. The molecule has 2 N–H and O–H groups in total. The molecule has 1 aromatic rings. The minimum atomic E-state index is 0.520. The SMILES string of the molecule is CCC(NCC1CCNCC1)c1ccccc1. The van der Waals surface area contributed by atoms with Gasteiger partial charge >= 0.3 is 0 Å². The molecule has 1 heterocycles. The average Bonchev–Trinajstić information content (AvgIpc) is 2.42. The maximum atomic E-state index is 3.73. The Morgan fingerprint density at radius 3 is 2.59 bits per heavy atom. The van der Waals surface area contributed by atoms with Crippen LogP contribution in [0.3, 0.4) is 0 Å². The monoisotopic (exact) mass is 232 g/mol. The highest BCUT2D eigenvalue weighted by Gasteiger charge is 2.15. The second kappa shape index (κ2) is 6.77. The zero-order valence-corrected chi connectivity index (χ0v) is 10.8. The molecule has 2 nitrogen and oxygen atoms in total. The molecule has 2 heteroatoms. The van der Waals surface area contributed by atoms with Crippen LogP contribution in [0.2, 0.25) is 0 Å². The van der Waals surface area contributed by atoms with Gasteiger partial charge in [0, 0.05) is 6.04 Å². The van der Waals surface area contributed by atoms with Crippen LogP contribution in [0.4, 0.5) is 0 Å². The maximum absolute atomic E-state index is 3.73. The van der Waals surface area contributed by atoms with Gasteiger partial charge < -0.3 is 10.6 Å². The highest BCUT2D eigenvalue weighted by molar-refractivity contribution is 5.18. The molecule has 1 atom stereocenters. The second-order valence-corrected chi connectivity index (χ2v) is 4.97. The highest BCUT2D eigenvalue weighted by atomic mass is 14.9. The first-order valence-corrected chi connectivity index (χ1v) is 6.89. The summed E-state index contributed by atoms with van der Waals surface area (Å²) in [6.07, 6.45) is 3.80. The van der Waals surface area contributed by atoms with E-state index in [9.17, 15) is 0 Å². The van der Waals surface area contributed by atoms with Crippen molar-refractivity contribution in [3.63, 3.8) is 0 Å². The minimum absolute atomic E-state index is 0.520. The van der Waals surface area contributed by atoms with Crippen LogP contribution in [0.15, 0.2) is 30.3 Å². The van der Waals surface area contributed by atoms with Gasteiger partial charge in [-0.05, 0) is 50.4 Å². The molecule has 1 aromatic carbocycles. The fourth-order valence-electron chi connectivity index (χ4n) is 2.58. The van der Waals surface area contributed by atoms with Crippen molar-refractivity contribution in [3.05, 3.63) is 35.9 Å². The molecular formula is C15H24N2. The van der Waals surface area contributed by atoms with Gasteiger partial charge in [0.2, 0.25) is 0 Å². The van der Waals surface area contributed by atoms with Gasteiger partial charge in [-0.3, -0.25) is 0 Å². The second-order valence-electron chi connectivity index (χ2n) is 4.97. The number of nitrogens with one attached hydrogen (secondary N) is 2. The van der Waals surface area contributed by atoms with E-state index in [0.29, 0.717) is 6.04 Å². The zero-order chi connectivity index (χ0) is 11.9. The molecule has 94 valence electrons. The summed E-state index contributed by atoms with van der Waals surface area (Å²) in [4.78, 5) is 0. The van der Waals surface area contributed by atoms with Crippen LogP contribution in [0.5, 0.6) is 0 Å². The smallest absolute Gasteiger partial charge is 0.0317 e. The van der Waals surface area contributed by atoms with Crippen LogP contribution in [0, 0.1) is 5.92 Å². The average molecular weight is 232 g/mol. The van der Waals surface area contributed by atoms with E-state index in [0.717, 1.165) is 18.9 Å². The molecule has 1 saturated heterocycles. The molecule has 0 saturated carbocycles. The Morgan fingerprint density at radius 1 is 1.24 bits per heavy atom. The van der Waals surface area contributed by atoms with Gasteiger partial charge in [-0.2, -0.15) is 0 Å². The molecule has 1 aliphatic rings. The van der Waals surface area contributed by atoms with E-state index >= 15 is 0 Å². The van der Waals surface area contributed by atoms with Crippen molar-refractivity contribution in [2.24, 2.45) is 5.92 Å². The number of hydrogen-bond donors (Lipinski definition) is 2. The largest absolute Gasteiger partial charge is 0.317 e. The van der Waals surface area contributed by atoms with E-state index in [-0.39, 0.29) is 0 Å². The minimum Gasteiger partial charge on any atom is -0.317 e. The van der Waals surface area contributed by atoms with Crippen LogP contribution < -0.4 is 10.6 Å². The first-order chi connectivity index (χ1) is 8.40. The summed E-state index contributed by atoms with van der Waals surface area (Å²) in [5.74, 6) is 0.856. The van der Waals surface area contributed by atoms with Crippen molar-refractivity contribution in [1.82, 2.24) is 10.6 Å². The van der Waals surface area contributed by atoms with Gasteiger partial charge in [0.1, 0.15) is 0 Å². The first-order valence-electron chi connectivity index (χ1n) is 6.89. The zero-order valence-electron chi connectivity index (χ0n) is 10.8. The van der Waals surface area contributed by atoms with Crippen molar-refractivity contribution < 1.29 is 0 Å². The molecule has 0 radical (unpaired) electrons. The Bertz CT molecular complexity index is 304. The van der Waals surface area contributed by atoms with Gasteiger partial charge in [-0.1, -0.05) is 37.3 Å². The predicted molar refractivity (Wildman–Crippen MR) is 73.1 cm³/mol. The fraction of sp³-hybridized carbons (Fsp3) is 0.600. The lowest BCUT2D eigenvalue weighted by atomic mass is 9.97. The van der Waals surface area contributed by atoms with Crippen LogP contribution in [0.1, 0.15) is 37.8 Å². The summed E-state index contributed by atoms with van der Waals surface area (Å²) in [5, 5.41) is 7.15. The lowest BCUT2D eigenvalue weighted by Crippen LogP contribution is -2.34. The van der Waals surface area contributed by atoms with Gasteiger partial charge in [0.15, 0.2) is 0 Å². The third-order valence-electron chi connectivity index (χ3n) is 3.72. The van der Waals surface area contributed by atoms with E-state index < -0.39 is 0 Å². The van der Waals surface area contributed by atoms with Crippen LogP contribution in [-0.4, -0.2) is 19.6 Å². The summed E-state index contributed by atoms with van der Waals surface area (Å²) in [7, 11) is 0. The molecule has 0 spiro atoms. The molecule has 2 rings (SSSR count). The number of benzene rings is 1. The standard InChI is InChI=1S/C15H24N2/c1-2-15(14-6-4-3-5-7-14)17-12-13-8-10-16-11-9-13/h3-7,13,15-17H,2,8-12H2,1H3. The van der Waals surface area contributed by atoms with Gasteiger partial charge in [0.25, 0.3) is 0 Å².